The average Bonchev–Trinajstić information content (AvgIpc) is 2.72. The SMILES string of the molecule is N#Cc1c(F)cccc1NCc1n[nH]c(=O)[nH]1. The molecular weight excluding hydrogens is 225 g/mol. The van der Waals surface area contributed by atoms with E-state index in [1.807, 2.05) is 0 Å². The second-order valence-electron chi connectivity index (χ2n) is 3.25. The first-order valence-electron chi connectivity index (χ1n) is 4.77. The molecule has 0 aliphatic heterocycles. The molecule has 2 aromatic rings. The van der Waals surface area contributed by atoms with Crippen molar-refractivity contribution < 1.29 is 4.39 Å². The Labute approximate surface area is 95.1 Å². The minimum atomic E-state index is -0.590. The molecule has 1 aromatic carbocycles. The molecule has 0 bridgehead atoms. The number of hydrogen-bond donors (Lipinski definition) is 3. The van der Waals surface area contributed by atoms with E-state index in [1.165, 1.54) is 12.1 Å². The van der Waals surface area contributed by atoms with Crippen molar-refractivity contribution in [2.24, 2.45) is 0 Å². The lowest BCUT2D eigenvalue weighted by Crippen LogP contribution is -2.06. The summed E-state index contributed by atoms with van der Waals surface area (Å²) in [6.07, 6.45) is 0. The first kappa shape index (κ1) is 10.9. The minimum Gasteiger partial charge on any atom is -0.377 e. The fourth-order valence-electron chi connectivity index (χ4n) is 1.35. The van der Waals surface area contributed by atoms with Crippen LogP contribution in [0.2, 0.25) is 0 Å². The molecular formula is C10H8FN5O. The molecule has 0 aliphatic rings. The summed E-state index contributed by atoms with van der Waals surface area (Å²) in [7, 11) is 0. The van der Waals surface area contributed by atoms with Crippen molar-refractivity contribution in [3.05, 3.63) is 45.9 Å². The average molecular weight is 233 g/mol. The van der Waals surface area contributed by atoms with Crippen LogP contribution in [0.4, 0.5) is 10.1 Å². The number of nitrogens with zero attached hydrogens (tertiary/aromatic N) is 2. The van der Waals surface area contributed by atoms with Crippen LogP contribution in [0.25, 0.3) is 0 Å². The van der Waals surface area contributed by atoms with Gasteiger partial charge in [-0.3, -0.25) is 4.98 Å². The van der Waals surface area contributed by atoms with E-state index in [0.717, 1.165) is 0 Å². The number of nitrogens with one attached hydrogen (secondary N) is 3. The van der Waals surface area contributed by atoms with E-state index in [1.54, 1.807) is 12.1 Å². The molecule has 6 nitrogen and oxygen atoms in total. The molecule has 0 atom stereocenters. The van der Waals surface area contributed by atoms with Crippen LogP contribution < -0.4 is 11.0 Å². The third kappa shape index (κ3) is 2.31. The summed E-state index contributed by atoms with van der Waals surface area (Å²) in [5.41, 5.74) is -0.122. The van der Waals surface area contributed by atoms with Crippen LogP contribution in [0.5, 0.6) is 0 Å². The zero-order valence-electron chi connectivity index (χ0n) is 8.62. The quantitative estimate of drug-likeness (QED) is 0.727. The maximum atomic E-state index is 13.2. The predicted octanol–water partition coefficient (Wildman–Crippen LogP) is 0.721. The van der Waals surface area contributed by atoms with Gasteiger partial charge in [-0.05, 0) is 12.1 Å². The molecule has 7 heteroatoms. The topological polar surface area (TPSA) is 97.4 Å². The molecule has 0 radical (unpaired) electrons. The van der Waals surface area contributed by atoms with Crippen molar-refractivity contribution in [2.75, 3.05) is 5.32 Å². The smallest absolute Gasteiger partial charge is 0.340 e. The number of rotatable bonds is 3. The molecule has 0 spiro atoms. The highest BCUT2D eigenvalue weighted by Gasteiger charge is 2.07. The molecule has 1 aromatic heterocycles. The summed E-state index contributed by atoms with van der Waals surface area (Å²) >= 11 is 0. The molecule has 0 amide bonds. The fraction of sp³-hybridized carbons (Fsp3) is 0.100. The molecule has 0 fully saturated rings. The van der Waals surface area contributed by atoms with E-state index < -0.39 is 11.5 Å². The second-order valence-corrected chi connectivity index (χ2v) is 3.25. The predicted molar refractivity (Wildman–Crippen MR) is 57.7 cm³/mol. The number of H-pyrrole nitrogens is 2. The number of aromatic nitrogens is 3. The Hall–Kier alpha value is -2.62. The number of nitriles is 1. The van der Waals surface area contributed by atoms with E-state index in [9.17, 15) is 9.18 Å². The number of aromatic amines is 2. The summed E-state index contributed by atoms with van der Waals surface area (Å²) in [6, 6.07) is 6.04. The molecule has 17 heavy (non-hydrogen) atoms. The largest absolute Gasteiger partial charge is 0.377 e. The van der Waals surface area contributed by atoms with E-state index >= 15 is 0 Å². The van der Waals surface area contributed by atoms with Gasteiger partial charge in [-0.25, -0.2) is 14.3 Å². The monoisotopic (exact) mass is 233 g/mol. The summed E-state index contributed by atoms with van der Waals surface area (Å²) in [5.74, 6) is -0.212. The van der Waals surface area contributed by atoms with Crippen LogP contribution in [0.15, 0.2) is 23.0 Å². The number of hydrogen-bond acceptors (Lipinski definition) is 4. The molecule has 0 aliphatic carbocycles. The summed E-state index contributed by atoms with van der Waals surface area (Å²) in [6.45, 7) is 0.191. The van der Waals surface area contributed by atoms with Gasteiger partial charge in [-0.15, -0.1) is 0 Å². The van der Waals surface area contributed by atoms with Gasteiger partial charge in [0, 0.05) is 0 Å². The van der Waals surface area contributed by atoms with E-state index in [2.05, 4.69) is 20.5 Å². The number of anilines is 1. The van der Waals surface area contributed by atoms with Gasteiger partial charge in [-0.2, -0.15) is 10.4 Å². The van der Waals surface area contributed by atoms with Gasteiger partial charge < -0.3 is 5.32 Å². The molecule has 0 saturated heterocycles. The lowest BCUT2D eigenvalue weighted by molar-refractivity contribution is 0.624. The Morgan fingerprint density at radius 1 is 1.53 bits per heavy atom. The van der Waals surface area contributed by atoms with Crippen LogP contribution in [-0.2, 0) is 6.54 Å². The van der Waals surface area contributed by atoms with E-state index in [0.29, 0.717) is 11.5 Å². The number of halogens is 1. The van der Waals surface area contributed by atoms with Crippen LogP contribution in [0.3, 0.4) is 0 Å². The van der Waals surface area contributed by atoms with Gasteiger partial charge in [0.15, 0.2) is 0 Å². The highest BCUT2D eigenvalue weighted by atomic mass is 19.1. The lowest BCUT2D eigenvalue weighted by Gasteiger charge is -2.06. The van der Waals surface area contributed by atoms with Crippen molar-refractivity contribution in [3.63, 3.8) is 0 Å². The van der Waals surface area contributed by atoms with Crippen molar-refractivity contribution in [3.8, 4) is 6.07 Å². The molecule has 3 N–H and O–H groups in total. The van der Waals surface area contributed by atoms with E-state index in [-0.39, 0.29) is 12.1 Å². The zero-order chi connectivity index (χ0) is 12.3. The van der Waals surface area contributed by atoms with Gasteiger partial charge >= 0.3 is 5.69 Å². The maximum Gasteiger partial charge on any atom is 0.340 e. The van der Waals surface area contributed by atoms with Crippen LogP contribution >= 0.6 is 0 Å². The first-order valence-corrected chi connectivity index (χ1v) is 4.77. The summed E-state index contributed by atoms with van der Waals surface area (Å²) in [5, 5.41) is 17.5. The highest BCUT2D eigenvalue weighted by molar-refractivity contribution is 5.57. The maximum absolute atomic E-state index is 13.2. The van der Waals surface area contributed by atoms with Gasteiger partial charge in [0.1, 0.15) is 23.3 Å². The second kappa shape index (κ2) is 4.49. The van der Waals surface area contributed by atoms with Crippen LogP contribution in [0, 0.1) is 17.1 Å². The van der Waals surface area contributed by atoms with Gasteiger partial charge in [0.05, 0.1) is 12.2 Å². The molecule has 2 rings (SSSR count). The third-order valence-corrected chi connectivity index (χ3v) is 2.12. The van der Waals surface area contributed by atoms with Crippen molar-refractivity contribution in [1.29, 1.82) is 5.26 Å². The van der Waals surface area contributed by atoms with Crippen molar-refractivity contribution in [2.45, 2.75) is 6.54 Å². The molecule has 0 saturated carbocycles. The zero-order valence-corrected chi connectivity index (χ0v) is 8.62. The van der Waals surface area contributed by atoms with Gasteiger partial charge in [-0.1, -0.05) is 6.07 Å². The van der Waals surface area contributed by atoms with Gasteiger partial charge in [0.25, 0.3) is 0 Å². The Morgan fingerprint density at radius 2 is 2.35 bits per heavy atom. The van der Waals surface area contributed by atoms with Crippen LogP contribution in [0.1, 0.15) is 11.4 Å². The molecule has 0 unspecified atom stereocenters. The minimum absolute atomic E-state index is 0.0645. The fourth-order valence-corrected chi connectivity index (χ4v) is 1.35. The molecule has 86 valence electrons. The van der Waals surface area contributed by atoms with Gasteiger partial charge in [0.2, 0.25) is 0 Å². The van der Waals surface area contributed by atoms with Crippen LogP contribution in [-0.4, -0.2) is 15.2 Å². The Bertz CT molecular complexity index is 624. The summed E-state index contributed by atoms with van der Waals surface area (Å²) in [4.78, 5) is 13.2. The normalized spacial score (nSPS) is 9.88. The third-order valence-electron chi connectivity index (χ3n) is 2.12. The highest BCUT2D eigenvalue weighted by Crippen LogP contribution is 2.17. The van der Waals surface area contributed by atoms with Crippen molar-refractivity contribution in [1.82, 2.24) is 15.2 Å². The summed E-state index contributed by atoms with van der Waals surface area (Å²) < 4.78 is 13.2. The molecule has 1 heterocycles. The Morgan fingerprint density at radius 3 is 3.00 bits per heavy atom. The number of benzene rings is 1. The Kier molecular flexibility index (Phi) is 2.87. The van der Waals surface area contributed by atoms with Crippen molar-refractivity contribution >= 4 is 5.69 Å². The first-order chi connectivity index (χ1) is 8.20. The van der Waals surface area contributed by atoms with E-state index in [4.69, 9.17) is 5.26 Å². The Balaban J connectivity index is 2.17. The standard InChI is InChI=1S/C10H8FN5O/c11-7-2-1-3-8(6(7)4-12)13-5-9-14-10(17)16-15-9/h1-3,13H,5H2,(H2,14,15,16,17). The lowest BCUT2D eigenvalue weighted by atomic mass is 10.2.